The van der Waals surface area contributed by atoms with Crippen molar-refractivity contribution in [2.45, 2.75) is 33.9 Å². The normalized spacial score (nSPS) is 16.6. The Kier molecular flexibility index (Phi) is 2.85. The minimum absolute atomic E-state index is 0.0803. The SMILES string of the molecule is CC(O)N=CC(C)(C)C. The van der Waals surface area contributed by atoms with E-state index >= 15 is 0 Å². The molecule has 0 saturated heterocycles. The zero-order chi connectivity index (χ0) is 7.49. The van der Waals surface area contributed by atoms with E-state index in [1.807, 2.05) is 20.8 Å². The molecule has 0 aromatic heterocycles. The number of hydrogen-bond acceptors (Lipinski definition) is 2. The minimum atomic E-state index is -0.566. The molecule has 0 rings (SSSR count). The van der Waals surface area contributed by atoms with Crippen LogP contribution in [0.2, 0.25) is 0 Å². The van der Waals surface area contributed by atoms with Crippen LogP contribution < -0.4 is 0 Å². The maximum absolute atomic E-state index is 8.72. The van der Waals surface area contributed by atoms with Crippen LogP contribution in [0.5, 0.6) is 0 Å². The van der Waals surface area contributed by atoms with Crippen LogP contribution in [0.4, 0.5) is 0 Å². The van der Waals surface area contributed by atoms with Crippen molar-refractivity contribution in [2.75, 3.05) is 0 Å². The van der Waals surface area contributed by atoms with Crippen molar-refractivity contribution in [3.8, 4) is 0 Å². The van der Waals surface area contributed by atoms with Crippen molar-refractivity contribution < 1.29 is 5.11 Å². The van der Waals surface area contributed by atoms with Crippen molar-refractivity contribution in [1.82, 2.24) is 0 Å². The first kappa shape index (κ1) is 8.63. The molecule has 0 amide bonds. The van der Waals surface area contributed by atoms with E-state index < -0.39 is 6.23 Å². The third-order valence-electron chi connectivity index (χ3n) is 0.678. The predicted molar refractivity (Wildman–Crippen MR) is 39.6 cm³/mol. The van der Waals surface area contributed by atoms with Crippen LogP contribution in [0, 0.1) is 5.41 Å². The molecule has 1 atom stereocenters. The molecule has 2 heteroatoms. The Morgan fingerprint density at radius 1 is 1.44 bits per heavy atom. The average molecular weight is 129 g/mol. The van der Waals surface area contributed by atoms with Crippen LogP contribution in [0.3, 0.4) is 0 Å². The summed E-state index contributed by atoms with van der Waals surface area (Å²) in [5.41, 5.74) is 0.0803. The molecule has 0 spiro atoms. The summed E-state index contributed by atoms with van der Waals surface area (Å²) in [6.07, 6.45) is 1.20. The van der Waals surface area contributed by atoms with Gasteiger partial charge >= 0.3 is 0 Å². The second-order valence-corrected chi connectivity index (χ2v) is 3.28. The highest BCUT2D eigenvalue weighted by Gasteiger charge is 2.04. The van der Waals surface area contributed by atoms with Gasteiger partial charge in [-0.05, 0) is 12.3 Å². The van der Waals surface area contributed by atoms with E-state index in [2.05, 4.69) is 4.99 Å². The summed E-state index contributed by atoms with van der Waals surface area (Å²) < 4.78 is 0. The van der Waals surface area contributed by atoms with Crippen molar-refractivity contribution in [1.29, 1.82) is 0 Å². The van der Waals surface area contributed by atoms with Crippen LogP contribution in [0.15, 0.2) is 4.99 Å². The molecule has 0 aromatic carbocycles. The molecule has 1 unspecified atom stereocenters. The molecule has 0 aromatic rings. The molecule has 54 valence electrons. The molecule has 0 radical (unpaired) electrons. The van der Waals surface area contributed by atoms with Gasteiger partial charge < -0.3 is 5.11 Å². The van der Waals surface area contributed by atoms with E-state index in [0.29, 0.717) is 0 Å². The van der Waals surface area contributed by atoms with Gasteiger partial charge in [-0.15, -0.1) is 0 Å². The van der Waals surface area contributed by atoms with Crippen LogP contribution >= 0.6 is 0 Å². The maximum Gasteiger partial charge on any atom is 0.141 e. The highest BCUT2D eigenvalue weighted by atomic mass is 16.3. The third-order valence-corrected chi connectivity index (χ3v) is 0.678. The molecule has 1 N–H and O–H groups in total. The van der Waals surface area contributed by atoms with Gasteiger partial charge in [0.2, 0.25) is 0 Å². The van der Waals surface area contributed by atoms with Crippen molar-refractivity contribution >= 4 is 6.21 Å². The number of hydrogen-bond donors (Lipinski definition) is 1. The number of aliphatic imine (C=N–C) groups is 1. The standard InChI is InChI=1S/C7H15NO/c1-6(9)8-5-7(2,3)4/h5-6,9H,1-4H3. The molecular weight excluding hydrogens is 114 g/mol. The molecular formula is C7H15NO. The first-order valence-corrected chi connectivity index (χ1v) is 3.14. The van der Waals surface area contributed by atoms with Gasteiger partial charge in [-0.1, -0.05) is 20.8 Å². The predicted octanol–water partition coefficient (Wildman–Crippen LogP) is 1.44. The van der Waals surface area contributed by atoms with Crippen LogP contribution in [-0.4, -0.2) is 17.5 Å². The summed E-state index contributed by atoms with van der Waals surface area (Å²) in [5.74, 6) is 0. The van der Waals surface area contributed by atoms with Gasteiger partial charge in [0.25, 0.3) is 0 Å². The molecule has 0 aliphatic carbocycles. The highest BCUT2D eigenvalue weighted by molar-refractivity contribution is 5.63. The highest BCUT2D eigenvalue weighted by Crippen LogP contribution is 2.08. The summed E-state index contributed by atoms with van der Waals surface area (Å²) in [5, 5.41) is 8.72. The van der Waals surface area contributed by atoms with Gasteiger partial charge in [-0.25, -0.2) is 0 Å². The van der Waals surface area contributed by atoms with E-state index in [4.69, 9.17) is 5.11 Å². The summed E-state index contributed by atoms with van der Waals surface area (Å²) in [7, 11) is 0. The van der Waals surface area contributed by atoms with Gasteiger partial charge in [-0.3, -0.25) is 4.99 Å². The Morgan fingerprint density at radius 3 is 2.00 bits per heavy atom. The average Bonchev–Trinajstić information content (AvgIpc) is 1.59. The van der Waals surface area contributed by atoms with Crippen molar-refractivity contribution in [3.63, 3.8) is 0 Å². The van der Waals surface area contributed by atoms with Crippen LogP contribution in [0.25, 0.3) is 0 Å². The van der Waals surface area contributed by atoms with Gasteiger partial charge in [0.15, 0.2) is 0 Å². The monoisotopic (exact) mass is 129 g/mol. The molecule has 0 saturated carbocycles. The first-order valence-electron chi connectivity index (χ1n) is 3.14. The Bertz CT molecular complexity index is 100.0. The van der Waals surface area contributed by atoms with E-state index in [1.165, 1.54) is 0 Å². The van der Waals surface area contributed by atoms with Gasteiger partial charge in [0.1, 0.15) is 6.23 Å². The fourth-order valence-corrected chi connectivity index (χ4v) is 0.331. The molecule has 0 bridgehead atoms. The lowest BCUT2D eigenvalue weighted by atomic mass is 9.99. The number of rotatable bonds is 1. The van der Waals surface area contributed by atoms with Crippen molar-refractivity contribution in [2.24, 2.45) is 10.4 Å². The van der Waals surface area contributed by atoms with E-state index in [1.54, 1.807) is 13.1 Å². The second kappa shape index (κ2) is 2.97. The lowest BCUT2D eigenvalue weighted by Gasteiger charge is -2.10. The van der Waals surface area contributed by atoms with Crippen LogP contribution in [0.1, 0.15) is 27.7 Å². The number of aliphatic hydroxyl groups excluding tert-OH is 1. The smallest absolute Gasteiger partial charge is 0.141 e. The van der Waals surface area contributed by atoms with Crippen molar-refractivity contribution in [3.05, 3.63) is 0 Å². The summed E-state index contributed by atoms with van der Waals surface area (Å²) in [4.78, 5) is 3.83. The maximum atomic E-state index is 8.72. The Hall–Kier alpha value is -0.370. The topological polar surface area (TPSA) is 32.6 Å². The minimum Gasteiger partial charge on any atom is -0.372 e. The lowest BCUT2D eigenvalue weighted by Crippen LogP contribution is -2.08. The van der Waals surface area contributed by atoms with Gasteiger partial charge in [0.05, 0.1) is 0 Å². The van der Waals surface area contributed by atoms with E-state index in [0.717, 1.165) is 0 Å². The number of aliphatic hydroxyl groups is 1. The molecule has 0 heterocycles. The zero-order valence-electron chi connectivity index (χ0n) is 6.55. The third kappa shape index (κ3) is 7.63. The molecule has 2 nitrogen and oxygen atoms in total. The quantitative estimate of drug-likeness (QED) is 0.534. The molecule has 0 aliphatic heterocycles. The largest absolute Gasteiger partial charge is 0.372 e. The molecule has 0 aliphatic rings. The Morgan fingerprint density at radius 2 is 1.89 bits per heavy atom. The fraction of sp³-hybridized carbons (Fsp3) is 0.857. The summed E-state index contributed by atoms with van der Waals surface area (Å²) in [6.45, 7) is 7.76. The van der Waals surface area contributed by atoms with E-state index in [-0.39, 0.29) is 5.41 Å². The fourth-order valence-electron chi connectivity index (χ4n) is 0.331. The number of nitrogens with zero attached hydrogens (tertiary/aromatic N) is 1. The van der Waals surface area contributed by atoms with Gasteiger partial charge in [0, 0.05) is 6.21 Å². The van der Waals surface area contributed by atoms with Gasteiger partial charge in [-0.2, -0.15) is 0 Å². The van der Waals surface area contributed by atoms with E-state index in [9.17, 15) is 0 Å². The Balaban J connectivity index is 3.71. The summed E-state index contributed by atoms with van der Waals surface area (Å²) >= 11 is 0. The molecule has 9 heavy (non-hydrogen) atoms. The lowest BCUT2D eigenvalue weighted by molar-refractivity contribution is 0.205. The Labute approximate surface area is 56.6 Å². The summed E-state index contributed by atoms with van der Waals surface area (Å²) in [6, 6.07) is 0. The second-order valence-electron chi connectivity index (χ2n) is 3.28. The zero-order valence-corrected chi connectivity index (χ0v) is 6.55. The first-order chi connectivity index (χ1) is 3.92. The molecule has 0 fully saturated rings. The van der Waals surface area contributed by atoms with Crippen LogP contribution in [-0.2, 0) is 0 Å².